The third-order valence-corrected chi connectivity index (χ3v) is 4.12. The molecule has 2 aliphatic carbocycles. The van der Waals surface area contributed by atoms with Crippen LogP contribution in [0, 0.1) is 11.8 Å². The van der Waals surface area contributed by atoms with Gasteiger partial charge in [-0.1, -0.05) is 32.1 Å². The lowest BCUT2D eigenvalue weighted by Crippen LogP contribution is -2.37. The van der Waals surface area contributed by atoms with Gasteiger partial charge < -0.3 is 9.84 Å². The molecule has 0 spiro atoms. The quantitative estimate of drug-likeness (QED) is 0.754. The molecule has 2 nitrogen and oxygen atoms in total. The molecule has 0 heterocycles. The predicted molar refractivity (Wildman–Crippen MR) is 65.3 cm³/mol. The highest BCUT2D eigenvalue weighted by molar-refractivity contribution is 4.85. The largest absolute Gasteiger partial charge is 0.390 e. The van der Waals surface area contributed by atoms with Gasteiger partial charge >= 0.3 is 0 Å². The Kier molecular flexibility index (Phi) is 4.66. The van der Waals surface area contributed by atoms with Crippen molar-refractivity contribution in [2.24, 2.45) is 11.8 Å². The van der Waals surface area contributed by atoms with Crippen molar-refractivity contribution >= 4 is 0 Å². The number of rotatable bonds is 6. The summed E-state index contributed by atoms with van der Waals surface area (Å²) in [6.07, 6.45) is 10.0. The van der Waals surface area contributed by atoms with Gasteiger partial charge in [-0.05, 0) is 38.0 Å². The molecule has 0 radical (unpaired) electrons. The molecule has 0 amide bonds. The number of hydrogen-bond donors (Lipinski definition) is 1. The van der Waals surface area contributed by atoms with Crippen LogP contribution in [-0.2, 0) is 4.74 Å². The second-order valence-corrected chi connectivity index (χ2v) is 5.56. The Labute approximate surface area is 99.4 Å². The Morgan fingerprint density at radius 2 is 1.81 bits per heavy atom. The van der Waals surface area contributed by atoms with Gasteiger partial charge in [0.15, 0.2) is 0 Å². The summed E-state index contributed by atoms with van der Waals surface area (Å²) in [5, 5.41) is 10.3. The molecule has 2 unspecified atom stereocenters. The van der Waals surface area contributed by atoms with E-state index in [0.29, 0.717) is 5.92 Å². The number of aliphatic hydroxyl groups excluding tert-OH is 1. The summed E-state index contributed by atoms with van der Waals surface area (Å²) >= 11 is 0. The van der Waals surface area contributed by atoms with Crippen molar-refractivity contribution in [1.29, 1.82) is 0 Å². The van der Waals surface area contributed by atoms with Crippen LogP contribution in [0.25, 0.3) is 0 Å². The molecule has 2 fully saturated rings. The molecular weight excluding hydrogens is 200 g/mol. The number of ether oxygens (including phenoxy) is 1. The summed E-state index contributed by atoms with van der Waals surface area (Å²) in [6, 6.07) is 0. The molecule has 0 aromatic rings. The second-order valence-electron chi connectivity index (χ2n) is 5.56. The van der Waals surface area contributed by atoms with E-state index in [0.717, 1.165) is 18.9 Å². The zero-order chi connectivity index (χ0) is 11.4. The first kappa shape index (κ1) is 12.4. The fourth-order valence-electron chi connectivity index (χ4n) is 3.05. The minimum atomic E-state index is -0.212. The number of hydrogen-bond acceptors (Lipinski definition) is 2. The van der Waals surface area contributed by atoms with Crippen molar-refractivity contribution in [2.45, 2.75) is 70.5 Å². The lowest BCUT2D eigenvalue weighted by Gasteiger charge is -2.33. The first-order valence-electron chi connectivity index (χ1n) is 7.11. The fourth-order valence-corrected chi connectivity index (χ4v) is 3.05. The monoisotopic (exact) mass is 226 g/mol. The van der Waals surface area contributed by atoms with Gasteiger partial charge in [0.05, 0.1) is 12.2 Å². The van der Waals surface area contributed by atoms with E-state index in [-0.39, 0.29) is 12.2 Å². The Bertz CT molecular complexity index is 195. The van der Waals surface area contributed by atoms with Gasteiger partial charge in [0.25, 0.3) is 0 Å². The van der Waals surface area contributed by atoms with E-state index in [1.807, 2.05) is 6.92 Å². The Morgan fingerprint density at radius 1 is 1.12 bits per heavy atom. The van der Waals surface area contributed by atoms with Crippen LogP contribution in [-0.4, -0.2) is 23.9 Å². The van der Waals surface area contributed by atoms with E-state index >= 15 is 0 Å². The van der Waals surface area contributed by atoms with Gasteiger partial charge in [0, 0.05) is 6.61 Å². The van der Waals surface area contributed by atoms with E-state index in [2.05, 4.69) is 0 Å². The molecule has 16 heavy (non-hydrogen) atoms. The Balaban J connectivity index is 1.85. The maximum absolute atomic E-state index is 10.3. The molecule has 1 N–H and O–H groups in total. The van der Waals surface area contributed by atoms with Gasteiger partial charge in [0.1, 0.15) is 0 Å². The van der Waals surface area contributed by atoms with Crippen molar-refractivity contribution in [2.75, 3.05) is 6.61 Å². The van der Waals surface area contributed by atoms with Crippen LogP contribution in [0.1, 0.15) is 58.3 Å². The van der Waals surface area contributed by atoms with Gasteiger partial charge in [-0.3, -0.25) is 0 Å². The van der Waals surface area contributed by atoms with Crippen molar-refractivity contribution in [1.82, 2.24) is 0 Å². The zero-order valence-corrected chi connectivity index (χ0v) is 10.5. The molecule has 0 aromatic carbocycles. The predicted octanol–water partition coefficient (Wildman–Crippen LogP) is 3.13. The lowest BCUT2D eigenvalue weighted by molar-refractivity contribution is -0.0762. The molecule has 0 aliphatic heterocycles. The smallest absolute Gasteiger partial charge is 0.0861 e. The fraction of sp³-hybridized carbons (Fsp3) is 1.00. The maximum atomic E-state index is 10.3. The summed E-state index contributed by atoms with van der Waals surface area (Å²) in [5.41, 5.74) is 0. The van der Waals surface area contributed by atoms with Crippen molar-refractivity contribution < 1.29 is 9.84 Å². The third-order valence-electron chi connectivity index (χ3n) is 4.12. The molecule has 94 valence electrons. The molecular formula is C14H26O2. The highest BCUT2D eigenvalue weighted by Crippen LogP contribution is 2.37. The van der Waals surface area contributed by atoms with Crippen molar-refractivity contribution in [3.8, 4) is 0 Å². The van der Waals surface area contributed by atoms with Crippen LogP contribution < -0.4 is 0 Å². The molecule has 2 rings (SSSR count). The zero-order valence-electron chi connectivity index (χ0n) is 10.5. The normalized spacial score (nSPS) is 26.6. The van der Waals surface area contributed by atoms with Crippen LogP contribution in [0.2, 0.25) is 0 Å². The van der Waals surface area contributed by atoms with E-state index in [4.69, 9.17) is 4.74 Å². The van der Waals surface area contributed by atoms with E-state index in [9.17, 15) is 5.11 Å². The first-order valence-corrected chi connectivity index (χ1v) is 7.11. The molecule has 0 bridgehead atoms. The average Bonchev–Trinajstić information content (AvgIpc) is 3.11. The van der Waals surface area contributed by atoms with Gasteiger partial charge in [-0.25, -0.2) is 0 Å². The first-order chi connectivity index (χ1) is 7.81. The van der Waals surface area contributed by atoms with E-state index < -0.39 is 0 Å². The SMILES string of the molecule is CCOC(C(O)CC1CC1)C1CCCCC1. The highest BCUT2D eigenvalue weighted by Gasteiger charge is 2.34. The van der Waals surface area contributed by atoms with Crippen LogP contribution in [0.4, 0.5) is 0 Å². The van der Waals surface area contributed by atoms with Gasteiger partial charge in [-0.15, -0.1) is 0 Å². The third kappa shape index (κ3) is 3.46. The van der Waals surface area contributed by atoms with Crippen LogP contribution in [0.3, 0.4) is 0 Å². The second kappa shape index (κ2) is 6.02. The lowest BCUT2D eigenvalue weighted by atomic mass is 9.82. The number of aliphatic hydroxyl groups is 1. The average molecular weight is 226 g/mol. The van der Waals surface area contributed by atoms with Crippen molar-refractivity contribution in [3.05, 3.63) is 0 Å². The van der Waals surface area contributed by atoms with Crippen LogP contribution in [0.5, 0.6) is 0 Å². The van der Waals surface area contributed by atoms with Crippen LogP contribution in [0.15, 0.2) is 0 Å². The molecule has 2 heteroatoms. The minimum Gasteiger partial charge on any atom is -0.390 e. The topological polar surface area (TPSA) is 29.5 Å². The van der Waals surface area contributed by atoms with Gasteiger partial charge in [-0.2, -0.15) is 0 Å². The molecule has 2 aliphatic rings. The van der Waals surface area contributed by atoms with Crippen LogP contribution >= 0.6 is 0 Å². The molecule has 2 atom stereocenters. The molecule has 0 aromatic heterocycles. The summed E-state index contributed by atoms with van der Waals surface area (Å²) in [4.78, 5) is 0. The molecule has 2 saturated carbocycles. The van der Waals surface area contributed by atoms with E-state index in [1.165, 1.54) is 44.9 Å². The minimum absolute atomic E-state index is 0.117. The summed E-state index contributed by atoms with van der Waals surface area (Å²) in [5.74, 6) is 1.41. The van der Waals surface area contributed by atoms with Crippen molar-refractivity contribution in [3.63, 3.8) is 0 Å². The molecule has 0 saturated heterocycles. The van der Waals surface area contributed by atoms with E-state index in [1.54, 1.807) is 0 Å². The summed E-state index contributed by atoms with van der Waals surface area (Å²) < 4.78 is 5.82. The highest BCUT2D eigenvalue weighted by atomic mass is 16.5. The Morgan fingerprint density at radius 3 is 2.38 bits per heavy atom. The summed E-state index contributed by atoms with van der Waals surface area (Å²) in [6.45, 7) is 2.78. The summed E-state index contributed by atoms with van der Waals surface area (Å²) in [7, 11) is 0. The maximum Gasteiger partial charge on any atom is 0.0861 e. The standard InChI is InChI=1S/C14H26O2/c1-2-16-14(12-6-4-3-5-7-12)13(15)10-11-8-9-11/h11-15H,2-10H2,1H3. The Hall–Kier alpha value is -0.0800. The van der Waals surface area contributed by atoms with Gasteiger partial charge in [0.2, 0.25) is 0 Å².